The maximum absolute atomic E-state index is 12.6. The van der Waals surface area contributed by atoms with Crippen LogP contribution in [0.3, 0.4) is 0 Å². The normalized spacial score (nSPS) is 10.5. The lowest BCUT2D eigenvalue weighted by Gasteiger charge is -2.10. The molecule has 0 saturated heterocycles. The van der Waals surface area contributed by atoms with Crippen molar-refractivity contribution in [3.63, 3.8) is 0 Å². The summed E-state index contributed by atoms with van der Waals surface area (Å²) in [6.45, 7) is 3.93. The third kappa shape index (κ3) is 5.49. The van der Waals surface area contributed by atoms with Crippen molar-refractivity contribution < 1.29 is 19.1 Å². The number of hydrogen-bond acceptors (Lipinski definition) is 5. The van der Waals surface area contributed by atoms with Crippen molar-refractivity contribution in [3.05, 3.63) is 69.5 Å². The van der Waals surface area contributed by atoms with Crippen LogP contribution in [0.5, 0.6) is 5.75 Å². The molecule has 0 bridgehead atoms. The van der Waals surface area contributed by atoms with Crippen molar-refractivity contribution in [2.75, 3.05) is 18.5 Å². The highest BCUT2D eigenvalue weighted by Crippen LogP contribution is 2.36. The van der Waals surface area contributed by atoms with Gasteiger partial charge < -0.3 is 14.8 Å². The molecule has 30 heavy (non-hydrogen) atoms. The maximum atomic E-state index is 12.6. The van der Waals surface area contributed by atoms with E-state index in [2.05, 4.69) is 28.2 Å². The standard InChI is InChI=1S/C23H22BrNO4S/c1-3-15-8-10-16(11-9-15)19-14-30-22(21(19)23(27)28-4-2)25-20(26)13-29-18-7-5-6-17(24)12-18/h5-12,14H,3-4,13H2,1-2H3,(H,25,26). The lowest BCUT2D eigenvalue weighted by molar-refractivity contribution is -0.118. The van der Waals surface area contributed by atoms with Crippen molar-refractivity contribution in [1.82, 2.24) is 0 Å². The van der Waals surface area contributed by atoms with Crippen LogP contribution in [0.1, 0.15) is 29.8 Å². The van der Waals surface area contributed by atoms with Gasteiger partial charge in [0.05, 0.1) is 6.61 Å². The molecule has 5 nitrogen and oxygen atoms in total. The summed E-state index contributed by atoms with van der Waals surface area (Å²) in [7, 11) is 0. The van der Waals surface area contributed by atoms with E-state index in [-0.39, 0.29) is 19.1 Å². The van der Waals surface area contributed by atoms with E-state index in [0.29, 0.717) is 16.3 Å². The average Bonchev–Trinajstić information content (AvgIpc) is 3.16. The molecule has 0 aliphatic heterocycles. The van der Waals surface area contributed by atoms with Crippen molar-refractivity contribution in [3.8, 4) is 16.9 Å². The minimum Gasteiger partial charge on any atom is -0.484 e. The van der Waals surface area contributed by atoms with Crippen LogP contribution in [-0.2, 0) is 16.0 Å². The molecule has 0 unspecified atom stereocenters. The minimum atomic E-state index is -0.462. The van der Waals surface area contributed by atoms with E-state index >= 15 is 0 Å². The van der Waals surface area contributed by atoms with Gasteiger partial charge in [-0.25, -0.2) is 4.79 Å². The third-order valence-electron chi connectivity index (χ3n) is 4.36. The molecular weight excluding hydrogens is 466 g/mol. The number of amides is 1. The van der Waals surface area contributed by atoms with Crippen LogP contribution in [0.25, 0.3) is 11.1 Å². The van der Waals surface area contributed by atoms with Crippen LogP contribution in [-0.4, -0.2) is 25.1 Å². The first-order valence-electron chi connectivity index (χ1n) is 9.58. The molecular formula is C23H22BrNO4S. The molecule has 7 heteroatoms. The Morgan fingerprint density at radius 1 is 1.10 bits per heavy atom. The molecule has 1 amide bonds. The molecule has 156 valence electrons. The Bertz CT molecular complexity index is 1030. The highest BCUT2D eigenvalue weighted by molar-refractivity contribution is 9.10. The van der Waals surface area contributed by atoms with Gasteiger partial charge in [0.2, 0.25) is 0 Å². The van der Waals surface area contributed by atoms with E-state index in [1.54, 1.807) is 19.1 Å². The van der Waals surface area contributed by atoms with Gasteiger partial charge in [-0.1, -0.05) is 53.2 Å². The molecule has 3 aromatic rings. The zero-order valence-electron chi connectivity index (χ0n) is 16.7. The van der Waals surface area contributed by atoms with Crippen LogP contribution in [0.4, 0.5) is 5.00 Å². The topological polar surface area (TPSA) is 64.6 Å². The lowest BCUT2D eigenvalue weighted by atomic mass is 10.0. The smallest absolute Gasteiger partial charge is 0.341 e. The Hall–Kier alpha value is -2.64. The number of benzene rings is 2. The molecule has 1 aromatic heterocycles. The number of ether oxygens (including phenoxy) is 2. The molecule has 2 aromatic carbocycles. The predicted molar refractivity (Wildman–Crippen MR) is 123 cm³/mol. The summed E-state index contributed by atoms with van der Waals surface area (Å²) in [4.78, 5) is 25.1. The van der Waals surface area contributed by atoms with Gasteiger partial charge in [0, 0.05) is 15.4 Å². The largest absolute Gasteiger partial charge is 0.484 e. The van der Waals surface area contributed by atoms with Gasteiger partial charge in [-0.05, 0) is 42.7 Å². The van der Waals surface area contributed by atoms with Crippen LogP contribution in [0.15, 0.2) is 58.4 Å². The summed E-state index contributed by atoms with van der Waals surface area (Å²) in [6, 6.07) is 15.3. The molecule has 3 rings (SSSR count). The van der Waals surface area contributed by atoms with Crippen LogP contribution in [0, 0.1) is 0 Å². The summed E-state index contributed by atoms with van der Waals surface area (Å²) in [5.74, 6) is -0.236. The van der Waals surface area contributed by atoms with Crippen molar-refractivity contribution >= 4 is 44.1 Å². The van der Waals surface area contributed by atoms with E-state index < -0.39 is 5.97 Å². The molecule has 0 aliphatic carbocycles. The number of halogens is 1. The van der Waals surface area contributed by atoms with E-state index in [1.807, 2.05) is 41.8 Å². The summed E-state index contributed by atoms with van der Waals surface area (Å²) < 4.78 is 11.6. The maximum Gasteiger partial charge on any atom is 0.341 e. The zero-order chi connectivity index (χ0) is 21.5. The quantitative estimate of drug-likeness (QED) is 0.399. The molecule has 1 N–H and O–H groups in total. The number of rotatable bonds is 8. The van der Waals surface area contributed by atoms with E-state index in [1.165, 1.54) is 16.9 Å². The number of carbonyl (C=O) groups excluding carboxylic acids is 2. The van der Waals surface area contributed by atoms with Gasteiger partial charge in [0.1, 0.15) is 16.3 Å². The monoisotopic (exact) mass is 487 g/mol. The van der Waals surface area contributed by atoms with Crippen molar-refractivity contribution in [2.45, 2.75) is 20.3 Å². The third-order valence-corrected chi connectivity index (χ3v) is 5.75. The van der Waals surface area contributed by atoms with Crippen LogP contribution < -0.4 is 10.1 Å². The van der Waals surface area contributed by atoms with Gasteiger partial charge in [0.25, 0.3) is 5.91 Å². The van der Waals surface area contributed by atoms with Gasteiger partial charge in [0.15, 0.2) is 6.61 Å². The number of anilines is 1. The van der Waals surface area contributed by atoms with Crippen LogP contribution >= 0.6 is 27.3 Å². The van der Waals surface area contributed by atoms with Gasteiger partial charge >= 0.3 is 5.97 Å². The number of carbonyl (C=O) groups is 2. The first-order valence-corrected chi connectivity index (χ1v) is 11.2. The molecule has 0 aliphatic rings. The Labute approximate surface area is 188 Å². The zero-order valence-corrected chi connectivity index (χ0v) is 19.1. The lowest BCUT2D eigenvalue weighted by Crippen LogP contribution is -2.21. The summed E-state index contributed by atoms with van der Waals surface area (Å²) in [5.41, 5.74) is 3.22. The van der Waals surface area contributed by atoms with Gasteiger partial charge in [-0.2, -0.15) is 0 Å². The number of thiophene rings is 1. The summed E-state index contributed by atoms with van der Waals surface area (Å²) >= 11 is 4.66. The minimum absolute atomic E-state index is 0.169. The fourth-order valence-corrected chi connectivity index (χ4v) is 4.21. The highest BCUT2D eigenvalue weighted by Gasteiger charge is 2.23. The molecule has 0 saturated carbocycles. The fraction of sp³-hybridized carbons (Fsp3) is 0.217. The second-order valence-corrected chi connectivity index (χ2v) is 8.21. The number of hydrogen-bond donors (Lipinski definition) is 1. The van der Waals surface area contributed by atoms with Crippen molar-refractivity contribution in [2.24, 2.45) is 0 Å². The number of esters is 1. The molecule has 0 spiro atoms. The molecule has 0 atom stereocenters. The predicted octanol–water partition coefficient (Wildman–Crippen LogP) is 5.93. The summed E-state index contributed by atoms with van der Waals surface area (Å²) in [5, 5.41) is 5.10. The Morgan fingerprint density at radius 3 is 2.53 bits per heavy atom. The van der Waals surface area contributed by atoms with E-state index in [0.717, 1.165) is 22.0 Å². The molecule has 0 radical (unpaired) electrons. The first kappa shape index (κ1) is 22.1. The average molecular weight is 488 g/mol. The second kappa shape index (κ2) is 10.4. The Kier molecular flexibility index (Phi) is 7.65. The van der Waals surface area contributed by atoms with Gasteiger partial charge in [-0.3, -0.25) is 4.79 Å². The van der Waals surface area contributed by atoms with E-state index in [9.17, 15) is 9.59 Å². The molecule has 0 fully saturated rings. The van der Waals surface area contributed by atoms with Crippen LogP contribution in [0.2, 0.25) is 0 Å². The first-order chi connectivity index (χ1) is 14.5. The fourth-order valence-electron chi connectivity index (χ4n) is 2.86. The highest BCUT2D eigenvalue weighted by atomic mass is 79.9. The van der Waals surface area contributed by atoms with E-state index in [4.69, 9.17) is 9.47 Å². The number of aryl methyl sites for hydroxylation is 1. The summed E-state index contributed by atoms with van der Waals surface area (Å²) in [6.07, 6.45) is 0.938. The molecule has 1 heterocycles. The second-order valence-electron chi connectivity index (χ2n) is 6.42. The SMILES string of the molecule is CCOC(=O)c1c(-c2ccc(CC)cc2)csc1NC(=O)COc1cccc(Br)c1. The van der Waals surface area contributed by atoms with Gasteiger partial charge in [-0.15, -0.1) is 11.3 Å². The van der Waals surface area contributed by atoms with Crippen molar-refractivity contribution in [1.29, 1.82) is 0 Å². The Balaban J connectivity index is 1.80. The Morgan fingerprint density at radius 2 is 1.87 bits per heavy atom. The number of nitrogens with one attached hydrogen (secondary N) is 1.